The highest BCUT2D eigenvalue weighted by Crippen LogP contribution is 2.33. The van der Waals surface area contributed by atoms with Gasteiger partial charge in [-0.25, -0.2) is 13.2 Å². The molecule has 0 aliphatic carbocycles. The van der Waals surface area contributed by atoms with E-state index >= 15 is 0 Å². The van der Waals surface area contributed by atoms with Crippen LogP contribution in [0.15, 0.2) is 66.7 Å². The second kappa shape index (κ2) is 5.13. The van der Waals surface area contributed by atoms with Gasteiger partial charge in [-0.1, -0.05) is 42.5 Å². The topological polar surface area (TPSA) is 0 Å². The quantitative estimate of drug-likeness (QED) is 0.295. The van der Waals surface area contributed by atoms with Crippen LogP contribution in [0.3, 0.4) is 0 Å². The zero-order valence-corrected chi connectivity index (χ0v) is 12.0. The Morgan fingerprint density at radius 1 is 0.565 bits per heavy atom. The summed E-state index contributed by atoms with van der Waals surface area (Å²) in [6.07, 6.45) is 0. The monoisotopic (exact) mass is 308 g/mol. The van der Waals surface area contributed by atoms with Crippen LogP contribution < -0.4 is 0 Å². The summed E-state index contributed by atoms with van der Waals surface area (Å²) in [5, 5.41) is 3.96. The van der Waals surface area contributed by atoms with Gasteiger partial charge in [-0.15, -0.1) is 0 Å². The van der Waals surface area contributed by atoms with Crippen LogP contribution in [0.4, 0.5) is 13.2 Å². The molecule has 0 heterocycles. The molecule has 3 heteroatoms. The highest BCUT2D eigenvalue weighted by atomic mass is 19.2. The summed E-state index contributed by atoms with van der Waals surface area (Å²) >= 11 is 0. The lowest BCUT2D eigenvalue weighted by atomic mass is 9.95. The number of halogens is 3. The lowest BCUT2D eigenvalue weighted by Gasteiger charge is -2.09. The van der Waals surface area contributed by atoms with Crippen LogP contribution in [0.25, 0.3) is 32.7 Å². The van der Waals surface area contributed by atoms with E-state index in [1.54, 1.807) is 6.07 Å². The molecule has 0 fully saturated rings. The lowest BCUT2D eigenvalue weighted by Crippen LogP contribution is -1.92. The molecule has 0 amide bonds. The molecule has 0 radical (unpaired) electrons. The Bertz CT molecular complexity index is 1030. The number of rotatable bonds is 1. The smallest absolute Gasteiger partial charge is 0.194 e. The van der Waals surface area contributed by atoms with Gasteiger partial charge in [-0.2, -0.15) is 0 Å². The van der Waals surface area contributed by atoms with Crippen molar-refractivity contribution in [2.24, 2.45) is 0 Å². The molecule has 0 nitrogen and oxygen atoms in total. The van der Waals surface area contributed by atoms with E-state index in [-0.39, 0.29) is 0 Å². The molecule has 23 heavy (non-hydrogen) atoms. The highest BCUT2D eigenvalue weighted by Gasteiger charge is 2.13. The minimum absolute atomic E-state index is 0.322. The number of hydrogen-bond acceptors (Lipinski definition) is 0. The Labute approximate surface area is 130 Å². The van der Waals surface area contributed by atoms with E-state index in [2.05, 4.69) is 0 Å². The molecule has 0 N–H and O–H groups in total. The van der Waals surface area contributed by atoms with Crippen molar-refractivity contribution < 1.29 is 13.2 Å². The molecule has 0 saturated heterocycles. The summed E-state index contributed by atoms with van der Waals surface area (Å²) in [5.74, 6) is -3.81. The van der Waals surface area contributed by atoms with Gasteiger partial charge in [-0.3, -0.25) is 0 Å². The van der Waals surface area contributed by atoms with Crippen molar-refractivity contribution in [1.29, 1.82) is 0 Å². The van der Waals surface area contributed by atoms with Crippen LogP contribution in [-0.4, -0.2) is 0 Å². The third-order valence-electron chi connectivity index (χ3n) is 4.04. The summed E-state index contributed by atoms with van der Waals surface area (Å²) in [4.78, 5) is 0. The zero-order valence-electron chi connectivity index (χ0n) is 12.0. The Morgan fingerprint density at radius 2 is 1.17 bits per heavy atom. The van der Waals surface area contributed by atoms with Crippen LogP contribution in [0.5, 0.6) is 0 Å². The fourth-order valence-electron chi connectivity index (χ4n) is 2.93. The Kier molecular flexibility index (Phi) is 3.08. The normalized spacial score (nSPS) is 11.3. The maximum Gasteiger partial charge on any atom is 0.194 e. The minimum Gasteiger partial charge on any atom is -0.204 e. The van der Waals surface area contributed by atoms with E-state index < -0.39 is 17.5 Å². The fourth-order valence-corrected chi connectivity index (χ4v) is 2.93. The van der Waals surface area contributed by atoms with E-state index in [9.17, 15) is 13.2 Å². The van der Waals surface area contributed by atoms with Gasteiger partial charge in [0, 0.05) is 0 Å². The first-order valence-corrected chi connectivity index (χ1v) is 7.20. The summed E-state index contributed by atoms with van der Waals surface area (Å²) in [7, 11) is 0. The summed E-state index contributed by atoms with van der Waals surface area (Å²) in [6, 6.07) is 19.5. The molecule has 0 bridgehead atoms. The number of benzene rings is 4. The fraction of sp³-hybridized carbons (Fsp3) is 0. The van der Waals surface area contributed by atoms with Crippen molar-refractivity contribution in [2.75, 3.05) is 0 Å². The average Bonchev–Trinajstić information content (AvgIpc) is 2.57. The molecule has 0 saturated carbocycles. The number of hydrogen-bond donors (Lipinski definition) is 0. The SMILES string of the molecule is Fc1cc(-c2cccc3cc4ccccc4cc23)cc(F)c1F. The largest absolute Gasteiger partial charge is 0.204 e. The second-order valence-corrected chi connectivity index (χ2v) is 5.48. The molecule has 0 aliphatic rings. The van der Waals surface area contributed by atoms with Gasteiger partial charge in [0.15, 0.2) is 17.5 Å². The van der Waals surface area contributed by atoms with Gasteiger partial charge in [0.1, 0.15) is 0 Å². The van der Waals surface area contributed by atoms with Gasteiger partial charge >= 0.3 is 0 Å². The maximum absolute atomic E-state index is 13.6. The van der Waals surface area contributed by atoms with Crippen LogP contribution in [0.1, 0.15) is 0 Å². The van der Waals surface area contributed by atoms with E-state index in [0.717, 1.165) is 33.7 Å². The van der Waals surface area contributed by atoms with Gasteiger partial charge in [0.25, 0.3) is 0 Å². The molecule has 0 atom stereocenters. The van der Waals surface area contributed by atoms with Gasteiger partial charge in [0.05, 0.1) is 0 Å². The van der Waals surface area contributed by atoms with Gasteiger partial charge in [-0.05, 0) is 56.9 Å². The van der Waals surface area contributed by atoms with Gasteiger partial charge in [0.2, 0.25) is 0 Å². The molecule has 4 rings (SSSR count). The van der Waals surface area contributed by atoms with E-state index in [4.69, 9.17) is 0 Å². The first-order valence-electron chi connectivity index (χ1n) is 7.20. The maximum atomic E-state index is 13.6. The summed E-state index contributed by atoms with van der Waals surface area (Å²) < 4.78 is 40.3. The number of fused-ring (bicyclic) bond motifs is 2. The predicted octanol–water partition coefficient (Wildman–Crippen LogP) is 6.08. The third kappa shape index (κ3) is 2.25. The van der Waals surface area contributed by atoms with Crippen LogP contribution >= 0.6 is 0 Å². The van der Waals surface area contributed by atoms with Crippen molar-refractivity contribution in [1.82, 2.24) is 0 Å². The van der Waals surface area contributed by atoms with Crippen molar-refractivity contribution in [3.8, 4) is 11.1 Å². The molecule has 4 aromatic carbocycles. The van der Waals surface area contributed by atoms with Crippen molar-refractivity contribution in [2.45, 2.75) is 0 Å². The van der Waals surface area contributed by atoms with Crippen molar-refractivity contribution >= 4 is 21.5 Å². The highest BCUT2D eigenvalue weighted by molar-refractivity contribution is 6.04. The minimum atomic E-state index is -1.44. The summed E-state index contributed by atoms with van der Waals surface area (Å²) in [5.41, 5.74) is 0.994. The molecule has 0 spiro atoms. The molecule has 0 aliphatic heterocycles. The first kappa shape index (κ1) is 13.8. The standard InChI is InChI=1S/C20H11F3/c21-18-10-15(11-19(22)20(18)23)16-7-3-6-14-8-12-4-1-2-5-13(12)9-17(14)16/h1-11H. The van der Waals surface area contributed by atoms with Crippen LogP contribution in [0.2, 0.25) is 0 Å². The third-order valence-corrected chi connectivity index (χ3v) is 4.04. The molecule has 4 aromatic rings. The molecule has 0 unspecified atom stereocenters. The van der Waals surface area contributed by atoms with E-state index in [0.29, 0.717) is 11.1 Å². The van der Waals surface area contributed by atoms with E-state index in [1.807, 2.05) is 48.5 Å². The molecular weight excluding hydrogens is 297 g/mol. The lowest BCUT2D eigenvalue weighted by molar-refractivity contribution is 0.448. The van der Waals surface area contributed by atoms with Crippen molar-refractivity contribution in [3.63, 3.8) is 0 Å². The Balaban J connectivity index is 2.05. The zero-order chi connectivity index (χ0) is 16.0. The van der Waals surface area contributed by atoms with Crippen LogP contribution in [0, 0.1) is 17.5 Å². The van der Waals surface area contributed by atoms with Crippen molar-refractivity contribution in [3.05, 3.63) is 84.2 Å². The molecular formula is C20H11F3. The Hall–Kier alpha value is -2.81. The van der Waals surface area contributed by atoms with Crippen LogP contribution in [-0.2, 0) is 0 Å². The second-order valence-electron chi connectivity index (χ2n) is 5.48. The first-order chi connectivity index (χ1) is 11.1. The van der Waals surface area contributed by atoms with E-state index in [1.165, 1.54) is 0 Å². The summed E-state index contributed by atoms with van der Waals surface area (Å²) in [6.45, 7) is 0. The average molecular weight is 308 g/mol. The van der Waals surface area contributed by atoms with Gasteiger partial charge < -0.3 is 0 Å². The molecule has 0 aromatic heterocycles. The Morgan fingerprint density at radius 3 is 1.87 bits per heavy atom. The predicted molar refractivity (Wildman–Crippen MR) is 86.8 cm³/mol. The molecule has 112 valence electrons.